The first-order valence-electron chi connectivity index (χ1n) is 3.96. The van der Waals surface area contributed by atoms with E-state index in [1.807, 2.05) is 0 Å². The predicted molar refractivity (Wildman–Crippen MR) is 60.4 cm³/mol. The van der Waals surface area contributed by atoms with Gasteiger partial charge in [0, 0.05) is 10.6 Å². The van der Waals surface area contributed by atoms with E-state index in [1.54, 1.807) is 18.2 Å². The van der Waals surface area contributed by atoms with Crippen LogP contribution in [0.3, 0.4) is 0 Å². The fourth-order valence-corrected chi connectivity index (χ4v) is 1.14. The van der Waals surface area contributed by atoms with Crippen LogP contribution >= 0.6 is 11.6 Å². The number of hydrogen-bond donors (Lipinski definition) is 2. The Hall–Kier alpha value is -2.10. The molecule has 0 aromatic heterocycles. The molecule has 1 aromatic rings. The van der Waals surface area contributed by atoms with Gasteiger partial charge in [0.1, 0.15) is 0 Å². The third-order valence-corrected chi connectivity index (χ3v) is 1.74. The van der Waals surface area contributed by atoms with Crippen LogP contribution < -0.4 is 11.1 Å². The molecule has 0 saturated heterocycles. The number of hydrogen-bond acceptors (Lipinski definition) is 1. The largest absolute Gasteiger partial charge is 0.351 e. The maximum atomic E-state index is 10.7. The number of halogens is 1. The van der Waals surface area contributed by atoms with Gasteiger partial charge in [0.05, 0.1) is 5.69 Å². The zero-order valence-electron chi connectivity index (χ0n) is 7.67. The molecule has 0 unspecified atom stereocenters. The van der Waals surface area contributed by atoms with Crippen LogP contribution in [0.1, 0.15) is 5.56 Å². The molecule has 0 aliphatic carbocycles. The quantitative estimate of drug-likeness (QED) is 0.694. The fraction of sp³-hybridized carbons (Fsp3) is 0. The van der Waals surface area contributed by atoms with E-state index in [2.05, 4.69) is 23.1 Å². The molecule has 1 rings (SSSR count). The lowest BCUT2D eigenvalue weighted by Gasteiger charge is -2.04. The lowest BCUT2D eigenvalue weighted by Crippen LogP contribution is -2.19. The Labute approximate surface area is 92.6 Å². The lowest BCUT2D eigenvalue weighted by atomic mass is 10.2. The topological polar surface area (TPSA) is 55.1 Å². The van der Waals surface area contributed by atoms with E-state index in [0.717, 1.165) is 0 Å². The molecule has 74 valence electrons. The summed E-state index contributed by atoms with van der Waals surface area (Å²) in [6.45, 7) is 0. The summed E-state index contributed by atoms with van der Waals surface area (Å²) >= 11 is 5.75. The van der Waals surface area contributed by atoms with Gasteiger partial charge < -0.3 is 11.1 Å². The summed E-state index contributed by atoms with van der Waals surface area (Å²) in [6.07, 6.45) is 5.00. The van der Waals surface area contributed by atoms with Crippen molar-refractivity contribution in [3.8, 4) is 24.2 Å². The first kappa shape index (κ1) is 11.0. The molecule has 0 atom stereocenters. The van der Waals surface area contributed by atoms with Crippen molar-refractivity contribution >= 4 is 23.3 Å². The van der Waals surface area contributed by atoms with Crippen molar-refractivity contribution in [1.29, 1.82) is 0 Å². The highest BCUT2D eigenvalue weighted by Gasteiger charge is 2.02. The average Bonchev–Trinajstić information content (AvgIpc) is 2.16. The van der Waals surface area contributed by atoms with Gasteiger partial charge in [0.15, 0.2) is 0 Å². The summed E-state index contributed by atoms with van der Waals surface area (Å²) in [6, 6.07) is 4.17. The van der Waals surface area contributed by atoms with Crippen LogP contribution in [0.2, 0.25) is 5.02 Å². The molecule has 3 nitrogen and oxygen atoms in total. The second-order valence-electron chi connectivity index (χ2n) is 2.57. The van der Waals surface area contributed by atoms with E-state index in [4.69, 9.17) is 23.8 Å². The van der Waals surface area contributed by atoms with E-state index in [9.17, 15) is 4.79 Å². The van der Waals surface area contributed by atoms with E-state index >= 15 is 0 Å². The van der Waals surface area contributed by atoms with Gasteiger partial charge in [-0.2, -0.15) is 0 Å². The Kier molecular flexibility index (Phi) is 3.62. The molecule has 4 heteroatoms. The second-order valence-corrected chi connectivity index (χ2v) is 3.01. The number of primary amides is 1. The minimum atomic E-state index is -0.680. The maximum Gasteiger partial charge on any atom is 0.316 e. The Bertz CT molecular complexity index is 492. The van der Waals surface area contributed by atoms with Gasteiger partial charge in [-0.3, -0.25) is 0 Å². The van der Waals surface area contributed by atoms with Gasteiger partial charge in [0.2, 0.25) is 0 Å². The minimum absolute atomic E-state index is 0.442. The highest BCUT2D eigenvalue weighted by molar-refractivity contribution is 6.31. The first-order valence-corrected chi connectivity index (χ1v) is 4.34. The smallest absolute Gasteiger partial charge is 0.316 e. The number of urea groups is 1. The number of rotatable bonds is 1. The van der Waals surface area contributed by atoms with E-state index in [1.165, 1.54) is 0 Å². The molecular formula is C11H7ClN2O. The van der Waals surface area contributed by atoms with Gasteiger partial charge in [0.25, 0.3) is 0 Å². The summed E-state index contributed by atoms with van der Waals surface area (Å²) < 4.78 is 0. The molecule has 0 radical (unpaired) electrons. The van der Waals surface area contributed by atoms with Crippen LogP contribution in [0.5, 0.6) is 0 Å². The maximum absolute atomic E-state index is 10.7. The number of terminal acetylenes is 1. The molecular weight excluding hydrogens is 212 g/mol. The molecule has 0 saturated carbocycles. The van der Waals surface area contributed by atoms with Crippen molar-refractivity contribution in [1.82, 2.24) is 0 Å². The van der Waals surface area contributed by atoms with Crippen molar-refractivity contribution in [3.63, 3.8) is 0 Å². The van der Waals surface area contributed by atoms with Crippen LogP contribution in [-0.2, 0) is 0 Å². The molecule has 3 N–H and O–H groups in total. The molecule has 0 fully saturated rings. The third-order valence-electron chi connectivity index (χ3n) is 1.51. The second kappa shape index (κ2) is 4.95. The van der Waals surface area contributed by atoms with Gasteiger partial charge in [-0.05, 0) is 30.0 Å². The van der Waals surface area contributed by atoms with E-state index in [0.29, 0.717) is 16.3 Å². The van der Waals surface area contributed by atoms with E-state index in [-0.39, 0.29) is 0 Å². The van der Waals surface area contributed by atoms with Crippen molar-refractivity contribution in [2.45, 2.75) is 0 Å². The Morgan fingerprint density at radius 2 is 2.27 bits per heavy atom. The first-order chi connectivity index (χ1) is 7.13. The van der Waals surface area contributed by atoms with Gasteiger partial charge in [-0.25, -0.2) is 4.79 Å². The summed E-state index contributed by atoms with van der Waals surface area (Å²) in [7, 11) is 0. The molecule has 0 heterocycles. The molecule has 0 spiro atoms. The highest BCUT2D eigenvalue weighted by Crippen LogP contribution is 2.20. The molecule has 15 heavy (non-hydrogen) atoms. The van der Waals surface area contributed by atoms with E-state index < -0.39 is 6.03 Å². The van der Waals surface area contributed by atoms with Crippen LogP contribution in [-0.4, -0.2) is 6.03 Å². The van der Waals surface area contributed by atoms with Crippen LogP contribution in [0.25, 0.3) is 0 Å². The van der Waals surface area contributed by atoms with Crippen molar-refractivity contribution in [2.24, 2.45) is 5.73 Å². The number of benzene rings is 1. The number of nitrogens with one attached hydrogen (secondary N) is 1. The number of amides is 2. The number of nitrogens with two attached hydrogens (primary N) is 1. The van der Waals surface area contributed by atoms with Gasteiger partial charge in [-0.15, -0.1) is 6.42 Å². The standard InChI is InChI=1S/C11H7ClN2O/c1-2-3-4-8-5-6-9(12)7-10(8)14-11(13)15/h1,5-7H,(H3,13,14,15). The predicted octanol–water partition coefficient (Wildman–Crippen LogP) is 1.82. The summed E-state index contributed by atoms with van der Waals surface area (Å²) in [5.74, 6) is 7.29. The summed E-state index contributed by atoms with van der Waals surface area (Å²) in [4.78, 5) is 10.7. The van der Waals surface area contributed by atoms with Crippen molar-refractivity contribution < 1.29 is 4.79 Å². The Morgan fingerprint density at radius 3 is 2.87 bits per heavy atom. The third kappa shape index (κ3) is 3.27. The summed E-state index contributed by atoms with van der Waals surface area (Å²) in [5.41, 5.74) is 6.00. The summed E-state index contributed by atoms with van der Waals surface area (Å²) in [5, 5.41) is 2.88. The molecule has 1 aromatic carbocycles. The minimum Gasteiger partial charge on any atom is -0.351 e. The average molecular weight is 219 g/mol. The molecule has 0 aliphatic rings. The van der Waals surface area contributed by atoms with Crippen LogP contribution in [0, 0.1) is 24.2 Å². The van der Waals surface area contributed by atoms with Gasteiger partial charge >= 0.3 is 6.03 Å². The Morgan fingerprint density at radius 1 is 1.53 bits per heavy atom. The monoisotopic (exact) mass is 218 g/mol. The SMILES string of the molecule is C#CC#Cc1ccc(Cl)cc1NC(N)=O. The molecule has 2 amide bonds. The van der Waals surface area contributed by atoms with Crippen molar-refractivity contribution in [3.05, 3.63) is 28.8 Å². The van der Waals surface area contributed by atoms with Crippen LogP contribution in [0.4, 0.5) is 10.5 Å². The number of anilines is 1. The Balaban J connectivity index is 3.15. The lowest BCUT2D eigenvalue weighted by molar-refractivity contribution is 0.259. The van der Waals surface area contributed by atoms with Crippen molar-refractivity contribution in [2.75, 3.05) is 5.32 Å². The zero-order valence-corrected chi connectivity index (χ0v) is 8.43. The number of carbonyl (C=O) groups excluding carboxylic acids is 1. The fourth-order valence-electron chi connectivity index (χ4n) is 0.965. The highest BCUT2D eigenvalue weighted by atomic mass is 35.5. The normalized spacial score (nSPS) is 8.27. The van der Waals surface area contributed by atoms with Gasteiger partial charge in [-0.1, -0.05) is 17.5 Å². The molecule has 0 bridgehead atoms. The van der Waals surface area contributed by atoms with Crippen LogP contribution in [0.15, 0.2) is 18.2 Å². The zero-order chi connectivity index (χ0) is 11.3. The number of carbonyl (C=O) groups is 1. The molecule has 0 aliphatic heterocycles.